The summed E-state index contributed by atoms with van der Waals surface area (Å²) < 4.78 is 28.8. The fraction of sp³-hybridized carbons (Fsp3) is 0.409. The van der Waals surface area contributed by atoms with Gasteiger partial charge in [0.15, 0.2) is 12.4 Å². The van der Waals surface area contributed by atoms with Gasteiger partial charge in [-0.2, -0.15) is 0 Å². The summed E-state index contributed by atoms with van der Waals surface area (Å²) in [5, 5.41) is 0. The van der Waals surface area contributed by atoms with Gasteiger partial charge in [-0.05, 0) is 11.1 Å². The maximum Gasteiger partial charge on any atom is 0.303 e. The molecule has 0 unspecified atom stereocenters. The molecule has 4 rings (SSSR count). The highest BCUT2D eigenvalue weighted by Gasteiger charge is 2.60. The Morgan fingerprint density at radius 3 is 2.25 bits per heavy atom. The molecule has 0 radical (unpaired) electrons. The molecule has 2 aliphatic heterocycles. The van der Waals surface area contributed by atoms with Gasteiger partial charge in [0.25, 0.3) is 0 Å². The third-order valence-electron chi connectivity index (χ3n) is 4.78. The van der Waals surface area contributed by atoms with E-state index in [-0.39, 0.29) is 31.1 Å². The SMILES string of the molecule is CC(=O)O[C@H](COCc1ccccc1)[C@H]1O[C@@H]2O[C@H]2[C@H]1OCc1ccccc1. The number of ether oxygens (including phenoxy) is 5. The van der Waals surface area contributed by atoms with Crippen LogP contribution >= 0.6 is 0 Å². The van der Waals surface area contributed by atoms with Crippen LogP contribution < -0.4 is 0 Å². The van der Waals surface area contributed by atoms with E-state index >= 15 is 0 Å². The average Bonchev–Trinajstić information content (AvgIpc) is 3.39. The van der Waals surface area contributed by atoms with Crippen LogP contribution in [-0.4, -0.2) is 43.3 Å². The van der Waals surface area contributed by atoms with E-state index in [1.165, 1.54) is 6.92 Å². The summed E-state index contributed by atoms with van der Waals surface area (Å²) in [6.07, 6.45) is -1.71. The molecule has 28 heavy (non-hydrogen) atoms. The van der Waals surface area contributed by atoms with Gasteiger partial charge >= 0.3 is 5.97 Å². The molecule has 0 amide bonds. The van der Waals surface area contributed by atoms with E-state index in [1.807, 2.05) is 60.7 Å². The second-order valence-electron chi connectivity index (χ2n) is 6.98. The van der Waals surface area contributed by atoms with Gasteiger partial charge in [0.2, 0.25) is 0 Å². The number of epoxide rings is 1. The van der Waals surface area contributed by atoms with Gasteiger partial charge in [0, 0.05) is 6.92 Å². The van der Waals surface area contributed by atoms with Crippen LogP contribution in [0, 0.1) is 0 Å². The summed E-state index contributed by atoms with van der Waals surface area (Å²) >= 11 is 0. The van der Waals surface area contributed by atoms with E-state index in [2.05, 4.69) is 0 Å². The number of hydrogen-bond donors (Lipinski definition) is 0. The van der Waals surface area contributed by atoms with Crippen LogP contribution in [0.25, 0.3) is 0 Å². The second-order valence-corrected chi connectivity index (χ2v) is 6.98. The van der Waals surface area contributed by atoms with Gasteiger partial charge in [-0.1, -0.05) is 60.7 Å². The standard InChI is InChI=1S/C22H24O6/c1-15(23)26-18(14-24-12-16-8-4-2-5-9-16)19-20(21-22(27-19)28-21)25-13-17-10-6-3-7-11-17/h2-11,18-22H,12-14H2,1H3/t18-,19-,20+,21+,22-/m1/s1. The van der Waals surface area contributed by atoms with E-state index in [0.29, 0.717) is 13.2 Å². The first-order valence-electron chi connectivity index (χ1n) is 9.46. The summed E-state index contributed by atoms with van der Waals surface area (Å²) in [4.78, 5) is 11.6. The molecule has 2 aromatic carbocycles. The minimum absolute atomic E-state index is 0.124. The summed E-state index contributed by atoms with van der Waals surface area (Å²) in [5.41, 5.74) is 2.12. The highest BCUT2D eigenvalue weighted by molar-refractivity contribution is 5.66. The predicted molar refractivity (Wildman–Crippen MR) is 100 cm³/mol. The molecule has 0 saturated carbocycles. The zero-order valence-corrected chi connectivity index (χ0v) is 15.7. The van der Waals surface area contributed by atoms with Gasteiger partial charge in [-0.15, -0.1) is 0 Å². The van der Waals surface area contributed by atoms with Crippen LogP contribution in [0.15, 0.2) is 60.7 Å². The first-order valence-corrected chi connectivity index (χ1v) is 9.46. The van der Waals surface area contributed by atoms with Crippen molar-refractivity contribution in [2.45, 2.75) is 50.8 Å². The predicted octanol–water partition coefficient (Wildman–Crippen LogP) is 2.84. The molecule has 2 aliphatic rings. The van der Waals surface area contributed by atoms with Crippen LogP contribution in [0.2, 0.25) is 0 Å². The molecular formula is C22H24O6. The summed E-state index contributed by atoms with van der Waals surface area (Å²) in [5.74, 6) is -0.375. The molecule has 148 valence electrons. The molecule has 2 aromatic rings. The van der Waals surface area contributed by atoms with Crippen molar-refractivity contribution in [3.05, 3.63) is 71.8 Å². The van der Waals surface area contributed by atoms with Crippen molar-refractivity contribution in [3.8, 4) is 0 Å². The molecule has 0 spiro atoms. The topological polar surface area (TPSA) is 66.5 Å². The molecule has 0 N–H and O–H groups in total. The van der Waals surface area contributed by atoms with Crippen LogP contribution in [0.1, 0.15) is 18.1 Å². The molecule has 6 nitrogen and oxygen atoms in total. The molecule has 5 atom stereocenters. The highest BCUT2D eigenvalue weighted by atomic mass is 16.8. The van der Waals surface area contributed by atoms with Gasteiger partial charge in [0.1, 0.15) is 18.3 Å². The molecule has 2 fully saturated rings. The van der Waals surface area contributed by atoms with E-state index in [1.54, 1.807) is 0 Å². The Bertz CT molecular complexity index is 765. The number of hydrogen-bond acceptors (Lipinski definition) is 6. The lowest BCUT2D eigenvalue weighted by molar-refractivity contribution is -0.181. The fourth-order valence-electron chi connectivity index (χ4n) is 3.40. The van der Waals surface area contributed by atoms with Crippen LogP contribution in [-0.2, 0) is 41.7 Å². The minimum atomic E-state index is -0.557. The Kier molecular flexibility index (Phi) is 6.02. The number of esters is 1. The Labute approximate surface area is 164 Å². The lowest BCUT2D eigenvalue weighted by Crippen LogP contribution is -2.44. The number of carbonyl (C=O) groups excluding carboxylic acids is 1. The lowest BCUT2D eigenvalue weighted by atomic mass is 10.1. The van der Waals surface area contributed by atoms with E-state index in [0.717, 1.165) is 11.1 Å². The van der Waals surface area contributed by atoms with Crippen molar-refractivity contribution in [1.82, 2.24) is 0 Å². The maximum atomic E-state index is 11.6. The first-order chi connectivity index (χ1) is 13.7. The first kappa shape index (κ1) is 19.1. The summed E-state index contributed by atoms with van der Waals surface area (Å²) in [6.45, 7) is 2.49. The van der Waals surface area contributed by atoms with Crippen molar-refractivity contribution in [1.29, 1.82) is 0 Å². The second kappa shape index (κ2) is 8.84. The van der Waals surface area contributed by atoms with Crippen molar-refractivity contribution in [3.63, 3.8) is 0 Å². The molecule has 0 bridgehead atoms. The zero-order chi connectivity index (χ0) is 19.3. The zero-order valence-electron chi connectivity index (χ0n) is 15.7. The highest BCUT2D eigenvalue weighted by Crippen LogP contribution is 2.41. The van der Waals surface area contributed by atoms with Gasteiger partial charge < -0.3 is 23.7 Å². The number of benzene rings is 2. The Balaban J connectivity index is 1.37. The molecule has 6 heteroatoms. The average molecular weight is 384 g/mol. The van der Waals surface area contributed by atoms with E-state index < -0.39 is 12.2 Å². The number of rotatable bonds is 9. The van der Waals surface area contributed by atoms with Crippen molar-refractivity contribution >= 4 is 5.97 Å². The van der Waals surface area contributed by atoms with E-state index in [4.69, 9.17) is 23.7 Å². The van der Waals surface area contributed by atoms with E-state index in [9.17, 15) is 4.79 Å². The Morgan fingerprint density at radius 1 is 0.964 bits per heavy atom. The van der Waals surface area contributed by atoms with Gasteiger partial charge in [-0.3, -0.25) is 4.79 Å². The van der Waals surface area contributed by atoms with Crippen LogP contribution in [0.3, 0.4) is 0 Å². The lowest BCUT2D eigenvalue weighted by Gasteiger charge is -2.28. The third-order valence-corrected chi connectivity index (χ3v) is 4.78. The summed E-state index contributed by atoms with van der Waals surface area (Å²) in [7, 11) is 0. The smallest absolute Gasteiger partial charge is 0.303 e. The molecule has 2 heterocycles. The number of fused-ring (bicyclic) bond motifs is 1. The molecule has 0 aromatic heterocycles. The number of carbonyl (C=O) groups is 1. The van der Waals surface area contributed by atoms with Gasteiger partial charge in [-0.25, -0.2) is 0 Å². The largest absolute Gasteiger partial charge is 0.457 e. The summed E-state index contributed by atoms with van der Waals surface area (Å²) in [6, 6.07) is 19.8. The maximum absolute atomic E-state index is 11.6. The minimum Gasteiger partial charge on any atom is -0.457 e. The van der Waals surface area contributed by atoms with Crippen molar-refractivity contribution < 1.29 is 28.5 Å². The van der Waals surface area contributed by atoms with Crippen LogP contribution in [0.5, 0.6) is 0 Å². The monoisotopic (exact) mass is 384 g/mol. The normalized spacial score (nSPS) is 26.5. The molecule has 0 aliphatic carbocycles. The molecule has 2 saturated heterocycles. The quantitative estimate of drug-likeness (QED) is 0.489. The van der Waals surface area contributed by atoms with Gasteiger partial charge in [0.05, 0.1) is 19.8 Å². The molecular weight excluding hydrogens is 360 g/mol. The van der Waals surface area contributed by atoms with Crippen molar-refractivity contribution in [2.75, 3.05) is 6.61 Å². The fourth-order valence-corrected chi connectivity index (χ4v) is 3.40. The van der Waals surface area contributed by atoms with Crippen molar-refractivity contribution in [2.24, 2.45) is 0 Å². The third kappa shape index (κ3) is 4.77. The van der Waals surface area contributed by atoms with Crippen LogP contribution in [0.4, 0.5) is 0 Å². The Hall–Kier alpha value is -2.25. The Morgan fingerprint density at radius 2 is 1.61 bits per heavy atom.